The summed E-state index contributed by atoms with van der Waals surface area (Å²) in [5, 5.41) is 5.91. The third-order valence-electron chi connectivity index (χ3n) is 2.22. The highest BCUT2D eigenvalue weighted by molar-refractivity contribution is 6.32. The average Bonchev–Trinajstić information content (AvgIpc) is 2.37. The van der Waals surface area contributed by atoms with Gasteiger partial charge in [-0.3, -0.25) is 0 Å². The Balaban J connectivity index is 2.44. The van der Waals surface area contributed by atoms with Crippen LogP contribution < -0.4 is 15.4 Å². The highest BCUT2D eigenvalue weighted by Crippen LogP contribution is 2.27. The smallest absolute Gasteiger partial charge is 0.319 e. The van der Waals surface area contributed by atoms with Crippen molar-refractivity contribution in [3.63, 3.8) is 0 Å². The van der Waals surface area contributed by atoms with E-state index in [1.807, 2.05) is 0 Å². The Hall–Kier alpha value is -1.46. The summed E-state index contributed by atoms with van der Waals surface area (Å²) in [6.07, 6.45) is 0.772. The number of nitrogens with one attached hydrogen (secondary N) is 2. The van der Waals surface area contributed by atoms with Gasteiger partial charge in [-0.2, -0.15) is 0 Å². The van der Waals surface area contributed by atoms with Gasteiger partial charge in [0.25, 0.3) is 0 Å². The maximum Gasteiger partial charge on any atom is 0.319 e. The maximum absolute atomic E-state index is 11.5. The van der Waals surface area contributed by atoms with Gasteiger partial charge >= 0.3 is 6.03 Å². The molecule has 5 nitrogen and oxygen atoms in total. The first kappa shape index (κ1) is 14.6. The van der Waals surface area contributed by atoms with Crippen molar-refractivity contribution in [3.05, 3.63) is 23.2 Å². The number of anilines is 1. The first-order chi connectivity index (χ1) is 8.67. The van der Waals surface area contributed by atoms with Crippen LogP contribution in [0.25, 0.3) is 0 Å². The number of methoxy groups -OCH3 is 2. The van der Waals surface area contributed by atoms with E-state index in [4.69, 9.17) is 21.1 Å². The predicted molar refractivity (Wildman–Crippen MR) is 71.5 cm³/mol. The van der Waals surface area contributed by atoms with Gasteiger partial charge in [0.05, 0.1) is 12.1 Å². The first-order valence-corrected chi connectivity index (χ1v) is 5.92. The zero-order valence-electron chi connectivity index (χ0n) is 10.5. The predicted octanol–water partition coefficient (Wildman–Crippen LogP) is 2.51. The Kier molecular flexibility index (Phi) is 6.32. The lowest BCUT2D eigenvalue weighted by Gasteiger charge is -2.09. The fourth-order valence-corrected chi connectivity index (χ4v) is 1.53. The van der Waals surface area contributed by atoms with E-state index in [0.717, 1.165) is 6.42 Å². The van der Waals surface area contributed by atoms with Gasteiger partial charge in [-0.25, -0.2) is 4.79 Å². The van der Waals surface area contributed by atoms with E-state index >= 15 is 0 Å². The van der Waals surface area contributed by atoms with Crippen LogP contribution in [0.5, 0.6) is 5.75 Å². The third-order valence-corrected chi connectivity index (χ3v) is 2.53. The van der Waals surface area contributed by atoms with Crippen LogP contribution in [0.15, 0.2) is 18.2 Å². The van der Waals surface area contributed by atoms with Crippen molar-refractivity contribution in [2.75, 3.05) is 32.7 Å². The van der Waals surface area contributed by atoms with E-state index < -0.39 is 0 Å². The largest absolute Gasteiger partial charge is 0.495 e. The molecular formula is C12H17ClN2O3. The Morgan fingerprint density at radius 2 is 2.17 bits per heavy atom. The Labute approximate surface area is 111 Å². The van der Waals surface area contributed by atoms with E-state index in [2.05, 4.69) is 10.6 Å². The Bertz CT molecular complexity index is 399. The Morgan fingerprint density at radius 3 is 2.83 bits per heavy atom. The standard InChI is InChI=1S/C12H17ClN2O3/c1-17-7-3-6-14-12(16)15-9-4-5-10(13)11(8-9)18-2/h4-5,8H,3,6-7H2,1-2H3,(H2,14,15,16). The quantitative estimate of drug-likeness (QED) is 0.782. The molecule has 18 heavy (non-hydrogen) atoms. The van der Waals surface area contributed by atoms with Gasteiger partial charge < -0.3 is 20.1 Å². The highest BCUT2D eigenvalue weighted by atomic mass is 35.5. The summed E-state index contributed by atoms with van der Waals surface area (Å²) >= 11 is 5.88. The molecule has 1 aromatic carbocycles. The molecule has 2 amide bonds. The summed E-state index contributed by atoms with van der Waals surface area (Å²) in [5.74, 6) is 0.522. The van der Waals surface area contributed by atoms with Crippen molar-refractivity contribution >= 4 is 23.3 Å². The number of halogens is 1. The average molecular weight is 273 g/mol. The van der Waals surface area contributed by atoms with Gasteiger partial charge in [0.2, 0.25) is 0 Å². The molecule has 100 valence electrons. The van der Waals surface area contributed by atoms with Gasteiger partial charge in [0.15, 0.2) is 0 Å². The molecule has 0 fully saturated rings. The maximum atomic E-state index is 11.5. The molecule has 0 saturated heterocycles. The van der Waals surface area contributed by atoms with E-state index in [9.17, 15) is 4.79 Å². The summed E-state index contributed by atoms with van der Waals surface area (Å²) in [6.45, 7) is 1.18. The first-order valence-electron chi connectivity index (χ1n) is 5.54. The molecule has 0 atom stereocenters. The van der Waals surface area contributed by atoms with Crippen LogP contribution in [0.4, 0.5) is 10.5 Å². The van der Waals surface area contributed by atoms with Gasteiger partial charge in [-0.15, -0.1) is 0 Å². The molecule has 0 radical (unpaired) electrons. The summed E-state index contributed by atoms with van der Waals surface area (Å²) < 4.78 is 9.94. The number of hydrogen-bond donors (Lipinski definition) is 2. The van der Waals surface area contributed by atoms with Crippen LogP contribution in [0, 0.1) is 0 Å². The monoisotopic (exact) mass is 272 g/mol. The van der Waals surface area contributed by atoms with Gasteiger partial charge in [-0.1, -0.05) is 11.6 Å². The zero-order valence-corrected chi connectivity index (χ0v) is 11.2. The summed E-state index contributed by atoms with van der Waals surface area (Å²) in [5.41, 5.74) is 0.625. The van der Waals surface area contributed by atoms with E-state index in [0.29, 0.717) is 29.6 Å². The molecule has 2 N–H and O–H groups in total. The van der Waals surface area contributed by atoms with E-state index in [1.54, 1.807) is 25.3 Å². The van der Waals surface area contributed by atoms with Crippen LogP contribution in [-0.2, 0) is 4.74 Å². The number of carbonyl (C=O) groups is 1. The van der Waals surface area contributed by atoms with Crippen LogP contribution in [0.1, 0.15) is 6.42 Å². The number of amides is 2. The van der Waals surface area contributed by atoms with Crippen LogP contribution in [0.3, 0.4) is 0 Å². The molecule has 0 unspecified atom stereocenters. The number of urea groups is 1. The summed E-state index contributed by atoms with van der Waals surface area (Å²) in [4.78, 5) is 11.5. The molecule has 0 aliphatic rings. The normalized spacial score (nSPS) is 9.94. The zero-order chi connectivity index (χ0) is 13.4. The molecule has 0 saturated carbocycles. The summed E-state index contributed by atoms with van der Waals surface area (Å²) in [6, 6.07) is 4.77. The number of hydrogen-bond acceptors (Lipinski definition) is 3. The topological polar surface area (TPSA) is 59.6 Å². The minimum absolute atomic E-state index is 0.268. The van der Waals surface area contributed by atoms with Crippen molar-refractivity contribution in [2.45, 2.75) is 6.42 Å². The van der Waals surface area contributed by atoms with Crippen molar-refractivity contribution in [1.82, 2.24) is 5.32 Å². The van der Waals surface area contributed by atoms with Crippen molar-refractivity contribution in [3.8, 4) is 5.75 Å². The minimum atomic E-state index is -0.268. The van der Waals surface area contributed by atoms with E-state index in [-0.39, 0.29) is 6.03 Å². The lowest BCUT2D eigenvalue weighted by atomic mass is 10.3. The fraction of sp³-hybridized carbons (Fsp3) is 0.417. The molecular weight excluding hydrogens is 256 g/mol. The molecule has 0 aromatic heterocycles. The Morgan fingerprint density at radius 1 is 1.39 bits per heavy atom. The molecule has 0 bridgehead atoms. The van der Waals surface area contributed by atoms with Crippen LogP contribution in [-0.4, -0.2) is 33.4 Å². The fourth-order valence-electron chi connectivity index (χ4n) is 1.33. The number of carbonyl (C=O) groups excluding carboxylic acids is 1. The van der Waals surface area contributed by atoms with Crippen LogP contribution in [0.2, 0.25) is 5.02 Å². The molecule has 0 spiro atoms. The van der Waals surface area contributed by atoms with Gasteiger partial charge in [-0.05, 0) is 18.6 Å². The highest BCUT2D eigenvalue weighted by Gasteiger charge is 2.05. The van der Waals surface area contributed by atoms with Crippen molar-refractivity contribution in [1.29, 1.82) is 0 Å². The SMILES string of the molecule is COCCCNC(=O)Nc1ccc(Cl)c(OC)c1. The molecule has 0 heterocycles. The third kappa shape index (κ3) is 4.81. The number of ether oxygens (including phenoxy) is 2. The van der Waals surface area contributed by atoms with Crippen LogP contribution >= 0.6 is 11.6 Å². The van der Waals surface area contributed by atoms with Crippen molar-refractivity contribution in [2.24, 2.45) is 0 Å². The lowest BCUT2D eigenvalue weighted by molar-refractivity contribution is 0.194. The van der Waals surface area contributed by atoms with E-state index in [1.165, 1.54) is 7.11 Å². The molecule has 6 heteroatoms. The van der Waals surface area contributed by atoms with Gasteiger partial charge in [0.1, 0.15) is 5.75 Å². The van der Waals surface area contributed by atoms with Gasteiger partial charge in [0, 0.05) is 32.0 Å². The number of benzene rings is 1. The molecule has 0 aliphatic heterocycles. The minimum Gasteiger partial charge on any atom is -0.495 e. The summed E-state index contributed by atoms with van der Waals surface area (Å²) in [7, 11) is 3.15. The molecule has 0 aliphatic carbocycles. The molecule has 1 rings (SSSR count). The second-order valence-electron chi connectivity index (χ2n) is 3.58. The van der Waals surface area contributed by atoms with Crippen molar-refractivity contribution < 1.29 is 14.3 Å². The lowest BCUT2D eigenvalue weighted by Crippen LogP contribution is -2.30. The second kappa shape index (κ2) is 7.79. The molecule has 1 aromatic rings. The second-order valence-corrected chi connectivity index (χ2v) is 3.98. The number of rotatable bonds is 6.